The van der Waals surface area contributed by atoms with Crippen molar-refractivity contribution in [3.63, 3.8) is 0 Å². The van der Waals surface area contributed by atoms with Gasteiger partial charge in [-0.1, -0.05) is 62.4 Å². The van der Waals surface area contributed by atoms with Crippen molar-refractivity contribution in [3.05, 3.63) is 59.7 Å². The second kappa shape index (κ2) is 9.87. The van der Waals surface area contributed by atoms with Gasteiger partial charge in [-0.2, -0.15) is 0 Å². The maximum absolute atomic E-state index is 13.0. The Hall–Kier alpha value is -3.35. The molecule has 4 rings (SSSR count). The highest BCUT2D eigenvalue weighted by molar-refractivity contribution is 5.84. The molecule has 7 nitrogen and oxygen atoms in total. The van der Waals surface area contributed by atoms with Gasteiger partial charge >= 0.3 is 12.1 Å². The molecule has 0 bridgehead atoms. The Morgan fingerprint density at radius 2 is 1.53 bits per heavy atom. The number of nitrogens with one attached hydrogen (secondary N) is 2. The normalized spacial score (nSPS) is 18.9. The van der Waals surface area contributed by atoms with Crippen LogP contribution in [0.2, 0.25) is 0 Å². The topological polar surface area (TPSA) is 105 Å². The van der Waals surface area contributed by atoms with E-state index in [1.807, 2.05) is 38.1 Å². The molecule has 2 aromatic rings. The standard InChI is InChI=1S/C27H32N2O5/c1-3-27(4-2,25(32)29-18-13-17(14-18)24(30)31)16-28-26(33)34-15-23-21-11-7-5-9-19(21)20-10-6-8-12-22(20)23/h5-12,17-18,23H,3-4,13-16H2,1-2H3,(H,28,33)(H,29,32)(H,30,31). The predicted octanol–water partition coefficient (Wildman–Crippen LogP) is 4.31. The number of alkyl carbamates (subject to hydrolysis) is 1. The Labute approximate surface area is 199 Å². The zero-order chi connectivity index (χ0) is 24.3. The summed E-state index contributed by atoms with van der Waals surface area (Å²) >= 11 is 0. The van der Waals surface area contributed by atoms with Crippen molar-refractivity contribution in [2.24, 2.45) is 11.3 Å². The van der Waals surface area contributed by atoms with Crippen LogP contribution in [0.1, 0.15) is 56.6 Å². The van der Waals surface area contributed by atoms with Crippen molar-refractivity contribution in [1.29, 1.82) is 0 Å². The molecule has 0 saturated heterocycles. The average molecular weight is 465 g/mol. The Morgan fingerprint density at radius 1 is 0.971 bits per heavy atom. The lowest BCUT2D eigenvalue weighted by molar-refractivity contribution is -0.147. The molecule has 0 atom stereocenters. The first-order valence-corrected chi connectivity index (χ1v) is 12.0. The number of hydrogen-bond acceptors (Lipinski definition) is 4. The van der Waals surface area contributed by atoms with Gasteiger partial charge < -0.3 is 20.5 Å². The number of amides is 2. The highest BCUT2D eigenvalue weighted by Crippen LogP contribution is 2.44. The van der Waals surface area contributed by atoms with Crippen molar-refractivity contribution < 1.29 is 24.2 Å². The third-order valence-electron chi connectivity index (χ3n) is 7.57. The molecule has 0 aromatic heterocycles. The SMILES string of the molecule is CCC(CC)(CNC(=O)OCC1c2ccccc2-c2ccccc21)C(=O)NC1CC(C(=O)O)C1. The fourth-order valence-electron chi connectivity index (χ4n) is 5.07. The molecule has 0 heterocycles. The van der Waals surface area contributed by atoms with E-state index in [1.54, 1.807) is 0 Å². The van der Waals surface area contributed by atoms with Gasteiger partial charge in [0.15, 0.2) is 0 Å². The minimum Gasteiger partial charge on any atom is -0.481 e. The summed E-state index contributed by atoms with van der Waals surface area (Å²) in [6.07, 6.45) is 1.45. The number of carboxylic acid groups (broad SMARTS) is 1. The summed E-state index contributed by atoms with van der Waals surface area (Å²) in [7, 11) is 0. The monoisotopic (exact) mass is 464 g/mol. The minimum absolute atomic E-state index is 0.0237. The number of hydrogen-bond donors (Lipinski definition) is 3. The van der Waals surface area contributed by atoms with Gasteiger partial charge in [-0.15, -0.1) is 0 Å². The van der Waals surface area contributed by atoms with Crippen LogP contribution in [0.25, 0.3) is 11.1 Å². The lowest BCUT2D eigenvalue weighted by Gasteiger charge is -2.37. The second-order valence-electron chi connectivity index (χ2n) is 9.34. The highest BCUT2D eigenvalue weighted by atomic mass is 16.5. The van der Waals surface area contributed by atoms with Crippen LogP contribution in [0.5, 0.6) is 0 Å². The molecule has 0 aliphatic heterocycles. The van der Waals surface area contributed by atoms with Crippen LogP contribution in [-0.4, -0.2) is 42.3 Å². The minimum atomic E-state index is -0.820. The van der Waals surface area contributed by atoms with Crippen molar-refractivity contribution in [2.45, 2.75) is 51.5 Å². The Bertz CT molecular complexity index is 1030. The summed E-state index contributed by atoms with van der Waals surface area (Å²) in [6.45, 7) is 4.22. The van der Waals surface area contributed by atoms with Crippen molar-refractivity contribution >= 4 is 18.0 Å². The maximum Gasteiger partial charge on any atom is 0.407 e. The van der Waals surface area contributed by atoms with Crippen LogP contribution in [0.15, 0.2) is 48.5 Å². The van der Waals surface area contributed by atoms with Crippen LogP contribution >= 0.6 is 0 Å². The molecule has 7 heteroatoms. The number of carboxylic acids is 1. The van der Waals surface area contributed by atoms with Gasteiger partial charge in [0.25, 0.3) is 0 Å². The van der Waals surface area contributed by atoms with E-state index in [-0.39, 0.29) is 36.9 Å². The maximum atomic E-state index is 13.0. The molecule has 1 fully saturated rings. The summed E-state index contributed by atoms with van der Waals surface area (Å²) in [6, 6.07) is 16.2. The molecular weight excluding hydrogens is 432 g/mol. The van der Waals surface area contributed by atoms with Gasteiger partial charge in [0.2, 0.25) is 5.91 Å². The van der Waals surface area contributed by atoms with E-state index in [4.69, 9.17) is 9.84 Å². The van der Waals surface area contributed by atoms with Crippen LogP contribution in [0, 0.1) is 11.3 Å². The van der Waals surface area contributed by atoms with E-state index in [9.17, 15) is 14.4 Å². The van der Waals surface area contributed by atoms with Gasteiger partial charge in [0.1, 0.15) is 6.61 Å². The molecule has 0 radical (unpaired) electrons. The Balaban J connectivity index is 1.33. The van der Waals surface area contributed by atoms with E-state index in [0.717, 1.165) is 11.1 Å². The van der Waals surface area contributed by atoms with Gasteiger partial charge in [0, 0.05) is 18.5 Å². The van der Waals surface area contributed by atoms with E-state index in [2.05, 4.69) is 34.9 Å². The first-order chi connectivity index (χ1) is 16.4. The van der Waals surface area contributed by atoms with E-state index in [1.165, 1.54) is 11.1 Å². The van der Waals surface area contributed by atoms with Crippen molar-refractivity contribution in [3.8, 4) is 11.1 Å². The van der Waals surface area contributed by atoms with Crippen molar-refractivity contribution in [2.75, 3.05) is 13.2 Å². The third kappa shape index (κ3) is 4.52. The van der Waals surface area contributed by atoms with E-state index >= 15 is 0 Å². The smallest absolute Gasteiger partial charge is 0.407 e. The lowest BCUT2D eigenvalue weighted by Crippen LogP contribution is -2.54. The van der Waals surface area contributed by atoms with Crippen LogP contribution in [-0.2, 0) is 14.3 Å². The second-order valence-corrected chi connectivity index (χ2v) is 9.34. The molecular formula is C27H32N2O5. The largest absolute Gasteiger partial charge is 0.481 e. The molecule has 0 unspecified atom stereocenters. The predicted molar refractivity (Wildman–Crippen MR) is 128 cm³/mol. The number of carbonyl (C=O) groups is 3. The molecule has 34 heavy (non-hydrogen) atoms. The summed E-state index contributed by atoms with van der Waals surface area (Å²) < 4.78 is 5.61. The first kappa shape index (κ1) is 23.8. The summed E-state index contributed by atoms with van der Waals surface area (Å²) in [5.41, 5.74) is 3.86. The van der Waals surface area contributed by atoms with E-state index < -0.39 is 17.5 Å². The van der Waals surface area contributed by atoms with Gasteiger partial charge in [-0.05, 0) is 47.9 Å². The Kier molecular flexibility index (Phi) is 6.91. The molecule has 2 amide bonds. The van der Waals surface area contributed by atoms with Gasteiger partial charge in [-0.3, -0.25) is 9.59 Å². The highest BCUT2D eigenvalue weighted by Gasteiger charge is 2.41. The number of rotatable bonds is 9. The third-order valence-corrected chi connectivity index (χ3v) is 7.57. The first-order valence-electron chi connectivity index (χ1n) is 12.0. The summed E-state index contributed by atoms with van der Waals surface area (Å²) in [5.74, 6) is -1.38. The molecule has 1 saturated carbocycles. The quantitative estimate of drug-likeness (QED) is 0.513. The number of benzene rings is 2. The summed E-state index contributed by atoms with van der Waals surface area (Å²) in [5, 5.41) is 14.8. The zero-order valence-corrected chi connectivity index (χ0v) is 19.7. The molecule has 2 aliphatic carbocycles. The van der Waals surface area contributed by atoms with Gasteiger partial charge in [-0.25, -0.2) is 4.79 Å². The van der Waals surface area contributed by atoms with Crippen LogP contribution in [0.4, 0.5) is 4.79 Å². The fraction of sp³-hybridized carbons (Fsp3) is 0.444. The molecule has 2 aliphatic rings. The number of ether oxygens (including phenoxy) is 1. The van der Waals surface area contributed by atoms with Gasteiger partial charge in [0.05, 0.1) is 11.3 Å². The summed E-state index contributed by atoms with van der Waals surface area (Å²) in [4.78, 5) is 36.6. The average Bonchev–Trinajstić information content (AvgIpc) is 3.14. The fourth-order valence-corrected chi connectivity index (χ4v) is 5.07. The zero-order valence-electron chi connectivity index (χ0n) is 19.7. The molecule has 0 spiro atoms. The van der Waals surface area contributed by atoms with E-state index in [0.29, 0.717) is 25.7 Å². The number of aliphatic carboxylic acids is 1. The number of carbonyl (C=O) groups excluding carboxylic acids is 2. The molecule has 180 valence electrons. The Morgan fingerprint density at radius 3 is 2.06 bits per heavy atom. The van der Waals surface area contributed by atoms with Crippen LogP contribution in [0.3, 0.4) is 0 Å². The lowest BCUT2D eigenvalue weighted by atomic mass is 9.77. The van der Waals surface area contributed by atoms with Crippen molar-refractivity contribution in [1.82, 2.24) is 10.6 Å². The molecule has 3 N–H and O–H groups in total. The van der Waals surface area contributed by atoms with Crippen LogP contribution < -0.4 is 10.6 Å². The number of fused-ring (bicyclic) bond motifs is 3. The molecule has 2 aromatic carbocycles.